The number of aromatic nitrogens is 2. The first-order chi connectivity index (χ1) is 10.3. The fourth-order valence-electron chi connectivity index (χ4n) is 2.75. The minimum absolute atomic E-state index is 0.208. The van der Waals surface area contributed by atoms with Crippen LogP contribution in [0.5, 0.6) is 0 Å². The van der Waals surface area contributed by atoms with E-state index in [4.69, 9.17) is 11.6 Å². The summed E-state index contributed by atoms with van der Waals surface area (Å²) in [5, 5.41) is 7.80. The van der Waals surface area contributed by atoms with Crippen molar-refractivity contribution in [3.05, 3.63) is 51.9 Å². The van der Waals surface area contributed by atoms with Crippen molar-refractivity contribution in [3.8, 4) is 5.69 Å². The van der Waals surface area contributed by atoms with Crippen molar-refractivity contribution in [1.82, 2.24) is 9.78 Å². The summed E-state index contributed by atoms with van der Waals surface area (Å²) in [6, 6.07) is 9.69. The van der Waals surface area contributed by atoms with Crippen LogP contribution in [0.2, 0.25) is 5.02 Å². The number of nitrogens with zero attached hydrogens (tertiary/aromatic N) is 2. The number of hydrogen-bond donors (Lipinski definition) is 1. The molecule has 0 aliphatic heterocycles. The second kappa shape index (κ2) is 6.31. The zero-order valence-electron chi connectivity index (χ0n) is 11.8. The molecule has 1 saturated carbocycles. The molecule has 1 aliphatic rings. The van der Waals surface area contributed by atoms with Crippen LogP contribution in [0.15, 0.2) is 41.3 Å². The number of benzene rings is 1. The lowest BCUT2D eigenvalue weighted by atomic mass is 9.95. The van der Waals surface area contributed by atoms with Crippen LogP contribution < -0.4 is 10.9 Å². The normalized spacial score (nSPS) is 15.9. The molecule has 2 aromatic rings. The Morgan fingerprint density at radius 2 is 1.86 bits per heavy atom. The lowest BCUT2D eigenvalue weighted by molar-refractivity contribution is 0.462. The molecule has 1 aliphatic carbocycles. The van der Waals surface area contributed by atoms with Crippen molar-refractivity contribution in [1.29, 1.82) is 0 Å². The Hall–Kier alpha value is -1.81. The highest BCUT2D eigenvalue weighted by molar-refractivity contribution is 6.32. The molecule has 4 nitrogen and oxygen atoms in total. The number of hydrogen-bond acceptors (Lipinski definition) is 3. The molecule has 1 aromatic heterocycles. The molecule has 21 heavy (non-hydrogen) atoms. The average molecular weight is 304 g/mol. The van der Waals surface area contributed by atoms with Gasteiger partial charge >= 0.3 is 0 Å². The highest BCUT2D eigenvalue weighted by atomic mass is 35.5. The van der Waals surface area contributed by atoms with Crippen LogP contribution >= 0.6 is 11.6 Å². The van der Waals surface area contributed by atoms with Gasteiger partial charge in [0.2, 0.25) is 0 Å². The molecule has 1 aromatic carbocycles. The summed E-state index contributed by atoms with van der Waals surface area (Å²) < 4.78 is 1.33. The average Bonchev–Trinajstić information content (AvgIpc) is 2.54. The SMILES string of the molecule is O=c1c(Cl)c(NC2CCCCC2)cnn1-c1ccccc1. The van der Waals surface area contributed by atoms with Crippen molar-refractivity contribution in [3.63, 3.8) is 0 Å². The Morgan fingerprint density at radius 3 is 2.57 bits per heavy atom. The first-order valence-corrected chi connectivity index (χ1v) is 7.73. The second-order valence-electron chi connectivity index (χ2n) is 5.40. The summed E-state index contributed by atoms with van der Waals surface area (Å²) in [6.07, 6.45) is 7.63. The summed E-state index contributed by atoms with van der Waals surface area (Å²) in [7, 11) is 0. The molecule has 110 valence electrons. The van der Waals surface area contributed by atoms with E-state index >= 15 is 0 Å². The van der Waals surface area contributed by atoms with Crippen LogP contribution in [0.25, 0.3) is 5.69 Å². The molecule has 5 heteroatoms. The van der Waals surface area contributed by atoms with E-state index in [1.807, 2.05) is 30.3 Å². The summed E-state index contributed by atoms with van der Waals surface area (Å²) in [5.74, 6) is 0. The number of halogens is 1. The Labute approximate surface area is 128 Å². The van der Waals surface area contributed by atoms with E-state index in [1.54, 1.807) is 6.20 Å². The van der Waals surface area contributed by atoms with Crippen molar-refractivity contribution in [2.75, 3.05) is 5.32 Å². The zero-order chi connectivity index (χ0) is 14.7. The molecule has 0 bridgehead atoms. The highest BCUT2D eigenvalue weighted by Gasteiger charge is 2.16. The Balaban J connectivity index is 1.88. The van der Waals surface area contributed by atoms with Gasteiger partial charge in [-0.3, -0.25) is 4.79 Å². The Kier molecular flexibility index (Phi) is 4.25. The maximum atomic E-state index is 12.4. The van der Waals surface area contributed by atoms with Gasteiger partial charge in [0.15, 0.2) is 0 Å². The maximum absolute atomic E-state index is 12.4. The summed E-state index contributed by atoms with van der Waals surface area (Å²) in [6.45, 7) is 0. The number of anilines is 1. The second-order valence-corrected chi connectivity index (χ2v) is 5.78. The van der Waals surface area contributed by atoms with E-state index in [-0.39, 0.29) is 10.6 Å². The largest absolute Gasteiger partial charge is 0.380 e. The van der Waals surface area contributed by atoms with E-state index in [0.29, 0.717) is 17.4 Å². The molecular weight excluding hydrogens is 286 g/mol. The summed E-state index contributed by atoms with van der Waals surface area (Å²) in [4.78, 5) is 12.4. The Morgan fingerprint density at radius 1 is 1.14 bits per heavy atom. The van der Waals surface area contributed by atoms with Gasteiger partial charge in [0.1, 0.15) is 5.02 Å². The maximum Gasteiger partial charge on any atom is 0.292 e. The third-order valence-corrected chi connectivity index (χ3v) is 4.25. The molecule has 0 radical (unpaired) electrons. The lowest BCUT2D eigenvalue weighted by Crippen LogP contribution is -2.27. The molecular formula is C16H18ClN3O. The van der Waals surface area contributed by atoms with Gasteiger partial charge < -0.3 is 5.32 Å². The van der Waals surface area contributed by atoms with E-state index in [1.165, 1.54) is 23.9 Å². The molecule has 1 N–H and O–H groups in total. The molecule has 0 atom stereocenters. The molecule has 0 amide bonds. The fourth-order valence-corrected chi connectivity index (χ4v) is 2.94. The van der Waals surface area contributed by atoms with Gasteiger partial charge in [-0.1, -0.05) is 49.1 Å². The monoisotopic (exact) mass is 303 g/mol. The van der Waals surface area contributed by atoms with Gasteiger partial charge in [0.05, 0.1) is 17.6 Å². The molecule has 0 saturated heterocycles. The van der Waals surface area contributed by atoms with Gasteiger partial charge in [-0.25, -0.2) is 0 Å². The van der Waals surface area contributed by atoms with Crippen LogP contribution in [0.3, 0.4) is 0 Å². The van der Waals surface area contributed by atoms with Gasteiger partial charge in [-0.05, 0) is 25.0 Å². The third kappa shape index (κ3) is 3.10. The third-order valence-electron chi connectivity index (χ3n) is 3.88. The predicted molar refractivity (Wildman–Crippen MR) is 85.3 cm³/mol. The lowest BCUT2D eigenvalue weighted by Gasteiger charge is -2.24. The van der Waals surface area contributed by atoms with Crippen molar-refractivity contribution in [2.45, 2.75) is 38.1 Å². The first kappa shape index (κ1) is 14.1. The summed E-state index contributed by atoms with van der Waals surface area (Å²) >= 11 is 6.23. The molecule has 1 fully saturated rings. The van der Waals surface area contributed by atoms with Gasteiger partial charge in [0.25, 0.3) is 5.56 Å². The van der Waals surface area contributed by atoms with Crippen LogP contribution in [-0.4, -0.2) is 15.8 Å². The number of nitrogens with one attached hydrogen (secondary N) is 1. The summed E-state index contributed by atoms with van der Waals surface area (Å²) in [5.41, 5.74) is 1.07. The molecule has 0 unspecified atom stereocenters. The van der Waals surface area contributed by atoms with Crippen LogP contribution in [0, 0.1) is 0 Å². The van der Waals surface area contributed by atoms with Crippen LogP contribution in [0.1, 0.15) is 32.1 Å². The molecule has 0 spiro atoms. The minimum Gasteiger partial charge on any atom is -0.380 e. The molecule has 1 heterocycles. The number of para-hydroxylation sites is 1. The van der Waals surface area contributed by atoms with Gasteiger partial charge in [-0.2, -0.15) is 9.78 Å². The van der Waals surface area contributed by atoms with Crippen molar-refractivity contribution < 1.29 is 0 Å². The van der Waals surface area contributed by atoms with E-state index in [9.17, 15) is 4.79 Å². The quantitative estimate of drug-likeness (QED) is 0.942. The minimum atomic E-state index is -0.288. The van der Waals surface area contributed by atoms with E-state index < -0.39 is 0 Å². The smallest absolute Gasteiger partial charge is 0.292 e. The van der Waals surface area contributed by atoms with Crippen molar-refractivity contribution in [2.24, 2.45) is 0 Å². The standard InChI is InChI=1S/C16H18ClN3O/c17-15-14(19-12-7-3-1-4-8-12)11-18-20(16(15)21)13-9-5-2-6-10-13/h2,5-6,9-12,19H,1,3-4,7-8H2. The van der Waals surface area contributed by atoms with Crippen molar-refractivity contribution >= 4 is 17.3 Å². The molecule has 3 rings (SSSR count). The van der Waals surface area contributed by atoms with Gasteiger partial charge in [-0.15, -0.1) is 0 Å². The van der Waals surface area contributed by atoms with Gasteiger partial charge in [0, 0.05) is 6.04 Å². The van der Waals surface area contributed by atoms with E-state index in [0.717, 1.165) is 12.8 Å². The highest BCUT2D eigenvalue weighted by Crippen LogP contribution is 2.24. The fraction of sp³-hybridized carbons (Fsp3) is 0.375. The van der Waals surface area contributed by atoms with Crippen LogP contribution in [0.4, 0.5) is 5.69 Å². The zero-order valence-corrected chi connectivity index (χ0v) is 12.5. The van der Waals surface area contributed by atoms with E-state index in [2.05, 4.69) is 10.4 Å². The topological polar surface area (TPSA) is 46.9 Å². The Bertz CT molecular complexity index is 663. The van der Waals surface area contributed by atoms with Crippen LogP contribution in [-0.2, 0) is 0 Å². The predicted octanol–water partition coefficient (Wildman–Crippen LogP) is 3.63. The first-order valence-electron chi connectivity index (χ1n) is 7.35. The number of rotatable bonds is 3.